The molecule has 0 spiro atoms. The highest BCUT2D eigenvalue weighted by Gasteiger charge is 2.00. The van der Waals surface area contributed by atoms with Gasteiger partial charge >= 0.3 is 0 Å². The molecular formula is C9H6O. The van der Waals surface area contributed by atoms with E-state index in [2.05, 4.69) is 11.5 Å². The van der Waals surface area contributed by atoms with Crippen LogP contribution in [0.25, 0.3) is 6.08 Å². The summed E-state index contributed by atoms with van der Waals surface area (Å²) in [6.45, 7) is 0. The van der Waals surface area contributed by atoms with Gasteiger partial charge in [-0.1, -0.05) is 11.5 Å². The summed E-state index contributed by atoms with van der Waals surface area (Å²) in [5, 5.41) is 0. The molecule has 1 heterocycles. The lowest BCUT2D eigenvalue weighted by Gasteiger charge is -1.87. The molecule has 0 amide bonds. The highest BCUT2D eigenvalue weighted by atomic mass is 16.3. The van der Waals surface area contributed by atoms with E-state index >= 15 is 0 Å². The van der Waals surface area contributed by atoms with E-state index in [1.54, 1.807) is 6.26 Å². The molecule has 1 nitrogen and oxygen atoms in total. The fourth-order valence-corrected chi connectivity index (χ4v) is 0.967. The molecule has 0 aliphatic heterocycles. The number of fused-ring (bicyclic) bond motifs is 1. The molecule has 2 rings (SSSR count). The summed E-state index contributed by atoms with van der Waals surface area (Å²) >= 11 is 0. The van der Waals surface area contributed by atoms with Crippen molar-refractivity contribution < 1.29 is 4.42 Å². The van der Waals surface area contributed by atoms with Crippen molar-refractivity contribution in [3.63, 3.8) is 0 Å². The molecule has 0 atom stereocenters. The Kier molecular flexibility index (Phi) is 1.11. The van der Waals surface area contributed by atoms with Crippen molar-refractivity contribution in [2.45, 2.75) is 6.42 Å². The third-order valence-electron chi connectivity index (χ3n) is 1.48. The first-order chi connectivity index (χ1) is 4.97. The van der Waals surface area contributed by atoms with E-state index in [0.717, 1.165) is 17.7 Å². The maximum absolute atomic E-state index is 5.19. The minimum atomic E-state index is 0.825. The molecular weight excluding hydrogens is 124 g/mol. The normalized spacial score (nSPS) is 13.2. The molecule has 0 aromatic carbocycles. The molecule has 1 aliphatic rings. The van der Waals surface area contributed by atoms with Crippen LogP contribution in [0, 0.1) is 0 Å². The lowest BCUT2D eigenvalue weighted by atomic mass is 10.2. The third-order valence-corrected chi connectivity index (χ3v) is 1.48. The van der Waals surface area contributed by atoms with Crippen LogP contribution >= 0.6 is 0 Å². The predicted octanol–water partition coefficient (Wildman–Crippen LogP) is 2.16. The minimum Gasteiger partial charge on any atom is -0.468 e. The second kappa shape index (κ2) is 2.07. The summed E-state index contributed by atoms with van der Waals surface area (Å²) in [5.74, 6) is 0.998. The summed E-state index contributed by atoms with van der Waals surface area (Å²) < 4.78 is 5.19. The zero-order valence-corrected chi connectivity index (χ0v) is 5.42. The molecule has 0 bridgehead atoms. The monoisotopic (exact) mass is 130 g/mol. The topological polar surface area (TPSA) is 13.1 Å². The molecule has 1 aromatic heterocycles. The van der Waals surface area contributed by atoms with Gasteiger partial charge in [0.05, 0.1) is 6.26 Å². The van der Waals surface area contributed by atoms with Gasteiger partial charge in [-0.25, -0.2) is 0 Å². The van der Waals surface area contributed by atoms with Crippen LogP contribution in [0.1, 0.15) is 11.3 Å². The highest BCUT2D eigenvalue weighted by Crippen LogP contribution is 2.13. The van der Waals surface area contributed by atoms with Gasteiger partial charge in [-0.3, -0.25) is 0 Å². The van der Waals surface area contributed by atoms with Gasteiger partial charge in [0.1, 0.15) is 5.76 Å². The quantitative estimate of drug-likeness (QED) is 0.490. The Morgan fingerprint density at radius 3 is 3.40 bits per heavy atom. The van der Waals surface area contributed by atoms with E-state index in [1.807, 2.05) is 18.2 Å². The van der Waals surface area contributed by atoms with Crippen molar-refractivity contribution in [2.75, 3.05) is 0 Å². The summed E-state index contributed by atoms with van der Waals surface area (Å²) in [7, 11) is 0. The third kappa shape index (κ3) is 0.745. The first kappa shape index (κ1) is 5.37. The van der Waals surface area contributed by atoms with Crippen molar-refractivity contribution in [1.29, 1.82) is 0 Å². The van der Waals surface area contributed by atoms with Gasteiger partial charge in [0.2, 0.25) is 0 Å². The zero-order chi connectivity index (χ0) is 6.81. The molecule has 0 saturated heterocycles. The molecule has 0 fully saturated rings. The Hall–Kier alpha value is -1.42. The smallest absolute Gasteiger partial charge is 0.116 e. The van der Waals surface area contributed by atoms with Crippen molar-refractivity contribution >= 4 is 6.08 Å². The Morgan fingerprint density at radius 2 is 2.40 bits per heavy atom. The van der Waals surface area contributed by atoms with Crippen LogP contribution in [0.15, 0.2) is 34.3 Å². The second-order valence-electron chi connectivity index (χ2n) is 2.14. The van der Waals surface area contributed by atoms with E-state index < -0.39 is 0 Å². The molecule has 0 radical (unpaired) electrons. The Morgan fingerprint density at radius 1 is 1.40 bits per heavy atom. The highest BCUT2D eigenvalue weighted by molar-refractivity contribution is 5.51. The van der Waals surface area contributed by atoms with Gasteiger partial charge in [0, 0.05) is 12.0 Å². The van der Waals surface area contributed by atoms with Crippen LogP contribution < -0.4 is 0 Å². The molecule has 1 aromatic rings. The van der Waals surface area contributed by atoms with Gasteiger partial charge in [-0.15, -0.1) is 0 Å². The van der Waals surface area contributed by atoms with E-state index in [4.69, 9.17) is 4.42 Å². The van der Waals surface area contributed by atoms with Crippen LogP contribution in [-0.2, 0) is 6.42 Å². The molecule has 0 saturated carbocycles. The number of furan rings is 1. The van der Waals surface area contributed by atoms with Crippen LogP contribution in [0.4, 0.5) is 0 Å². The first-order valence-electron chi connectivity index (χ1n) is 3.19. The summed E-state index contributed by atoms with van der Waals surface area (Å²) in [5.41, 5.74) is 6.90. The number of allylic oxidation sites excluding steroid dienone is 1. The van der Waals surface area contributed by atoms with E-state index in [0.29, 0.717) is 0 Å². The predicted molar refractivity (Wildman–Crippen MR) is 38.5 cm³/mol. The summed E-state index contributed by atoms with van der Waals surface area (Å²) in [6, 6.07) is 1.93. The standard InChI is InChI=1S/C9H6O/c1-2-4-8-6-7-10-9(8)5-3-1/h3-4,6-7H,5H2. The lowest BCUT2D eigenvalue weighted by molar-refractivity contribution is 0.522. The average molecular weight is 130 g/mol. The van der Waals surface area contributed by atoms with Crippen molar-refractivity contribution in [2.24, 2.45) is 0 Å². The maximum atomic E-state index is 5.19. The summed E-state index contributed by atoms with van der Waals surface area (Å²) in [6.07, 6.45) is 6.31. The number of rotatable bonds is 0. The average Bonchev–Trinajstić information content (AvgIpc) is 2.28. The van der Waals surface area contributed by atoms with E-state index in [9.17, 15) is 0 Å². The Balaban J connectivity index is 2.63. The largest absolute Gasteiger partial charge is 0.468 e. The second-order valence-corrected chi connectivity index (χ2v) is 2.14. The minimum absolute atomic E-state index is 0.825. The van der Waals surface area contributed by atoms with Crippen molar-refractivity contribution in [1.82, 2.24) is 0 Å². The number of hydrogen-bond acceptors (Lipinski definition) is 1. The van der Waals surface area contributed by atoms with Crippen LogP contribution in [-0.4, -0.2) is 0 Å². The Labute approximate surface area is 59.0 Å². The van der Waals surface area contributed by atoms with Crippen molar-refractivity contribution in [3.8, 4) is 0 Å². The fourth-order valence-electron chi connectivity index (χ4n) is 0.967. The van der Waals surface area contributed by atoms with Crippen LogP contribution in [0.2, 0.25) is 0 Å². The van der Waals surface area contributed by atoms with Gasteiger partial charge < -0.3 is 4.42 Å². The van der Waals surface area contributed by atoms with Crippen molar-refractivity contribution in [3.05, 3.63) is 41.2 Å². The van der Waals surface area contributed by atoms with Gasteiger partial charge in [0.15, 0.2) is 0 Å². The zero-order valence-electron chi connectivity index (χ0n) is 5.42. The Bertz CT molecular complexity index is 331. The van der Waals surface area contributed by atoms with Gasteiger partial charge in [0.25, 0.3) is 0 Å². The van der Waals surface area contributed by atoms with Gasteiger partial charge in [-0.05, 0) is 18.2 Å². The SMILES string of the molecule is C1=C=Cc2ccoc2CC=1. The van der Waals surface area contributed by atoms with E-state index in [1.165, 1.54) is 0 Å². The fraction of sp³-hybridized carbons (Fsp3) is 0.111. The van der Waals surface area contributed by atoms with Crippen LogP contribution in [0.5, 0.6) is 0 Å². The van der Waals surface area contributed by atoms with Crippen LogP contribution in [0.3, 0.4) is 0 Å². The molecule has 10 heavy (non-hydrogen) atoms. The molecule has 1 heteroatoms. The van der Waals surface area contributed by atoms with Gasteiger partial charge in [-0.2, -0.15) is 0 Å². The molecule has 1 aliphatic carbocycles. The maximum Gasteiger partial charge on any atom is 0.116 e. The lowest BCUT2D eigenvalue weighted by Crippen LogP contribution is -1.76. The van der Waals surface area contributed by atoms with E-state index in [-0.39, 0.29) is 0 Å². The molecule has 0 unspecified atom stereocenters. The first-order valence-corrected chi connectivity index (χ1v) is 3.19. The summed E-state index contributed by atoms with van der Waals surface area (Å²) in [4.78, 5) is 0. The number of hydrogen-bond donors (Lipinski definition) is 0. The molecule has 0 N–H and O–H groups in total. The molecule has 48 valence electrons.